The Kier molecular flexibility index (Phi) is 1.53. The monoisotopic (exact) mass is 140 g/mol. The second kappa shape index (κ2) is 2.19. The molecule has 3 heteroatoms. The zero-order chi connectivity index (χ0) is 6.85. The van der Waals surface area contributed by atoms with Crippen molar-refractivity contribution in [1.82, 2.24) is 4.98 Å². The lowest BCUT2D eigenvalue weighted by Crippen LogP contribution is -1.90. The van der Waals surface area contributed by atoms with Crippen LogP contribution in [0.1, 0.15) is 5.69 Å². The Morgan fingerprint density at radius 1 is 1.56 bits per heavy atom. The van der Waals surface area contributed by atoms with E-state index in [0.29, 0.717) is 5.82 Å². The number of nitrogen functional groups attached to an aromatic ring is 1. The first kappa shape index (κ1) is 6.29. The molecule has 0 aromatic carbocycles. The summed E-state index contributed by atoms with van der Waals surface area (Å²) >= 11 is 4.89. The Morgan fingerprint density at radius 3 is 2.67 bits per heavy atom. The molecule has 48 valence electrons. The lowest BCUT2D eigenvalue weighted by atomic mass is 10.4. The highest BCUT2D eigenvalue weighted by molar-refractivity contribution is 7.71. The van der Waals surface area contributed by atoms with E-state index in [-0.39, 0.29) is 0 Å². The van der Waals surface area contributed by atoms with E-state index in [1.807, 2.05) is 13.0 Å². The van der Waals surface area contributed by atoms with Gasteiger partial charge >= 0.3 is 0 Å². The summed E-state index contributed by atoms with van der Waals surface area (Å²) < 4.78 is 0.781. The van der Waals surface area contributed by atoms with Gasteiger partial charge in [-0.1, -0.05) is 12.2 Å². The summed E-state index contributed by atoms with van der Waals surface area (Å²) in [7, 11) is 0. The molecule has 0 spiro atoms. The van der Waals surface area contributed by atoms with E-state index in [4.69, 9.17) is 18.0 Å². The first-order valence-corrected chi connectivity index (χ1v) is 3.06. The van der Waals surface area contributed by atoms with Gasteiger partial charge in [-0.2, -0.15) is 0 Å². The summed E-state index contributed by atoms with van der Waals surface area (Å²) in [5.74, 6) is 0.625. The Labute approximate surface area is 58.7 Å². The third-order valence-corrected chi connectivity index (χ3v) is 1.23. The average Bonchev–Trinajstić information content (AvgIpc) is 1.59. The molecule has 0 bridgehead atoms. The van der Waals surface area contributed by atoms with Crippen LogP contribution < -0.4 is 5.73 Å². The molecule has 0 aliphatic carbocycles. The van der Waals surface area contributed by atoms with Crippen LogP contribution in [0.5, 0.6) is 0 Å². The first-order chi connectivity index (χ1) is 4.18. The standard InChI is InChI=1S/C6H8N2S/c1-4-2-5(9)3-6(7)8-4/h2-3H,1H3,(H3,7,8,9). The molecule has 0 aliphatic rings. The number of hydrogen-bond acceptors (Lipinski definition) is 2. The minimum atomic E-state index is 0.625. The van der Waals surface area contributed by atoms with Gasteiger partial charge in [0.15, 0.2) is 0 Å². The second-order valence-corrected chi connectivity index (χ2v) is 2.43. The van der Waals surface area contributed by atoms with Gasteiger partial charge in [-0.05, 0) is 19.1 Å². The molecule has 1 heterocycles. The van der Waals surface area contributed by atoms with Crippen molar-refractivity contribution in [2.24, 2.45) is 0 Å². The van der Waals surface area contributed by atoms with E-state index in [1.54, 1.807) is 6.07 Å². The number of rotatable bonds is 0. The quantitative estimate of drug-likeness (QED) is 0.538. The van der Waals surface area contributed by atoms with Crippen molar-refractivity contribution in [2.75, 3.05) is 5.73 Å². The Hall–Kier alpha value is -0.830. The second-order valence-electron chi connectivity index (χ2n) is 1.95. The number of hydrogen-bond donors (Lipinski definition) is 2. The van der Waals surface area contributed by atoms with E-state index in [0.717, 1.165) is 10.2 Å². The molecule has 0 aliphatic heterocycles. The summed E-state index contributed by atoms with van der Waals surface area (Å²) in [5.41, 5.74) is 6.44. The van der Waals surface area contributed by atoms with Gasteiger partial charge in [0, 0.05) is 10.2 Å². The van der Waals surface area contributed by atoms with Crippen molar-refractivity contribution in [2.45, 2.75) is 6.92 Å². The molecular weight excluding hydrogens is 132 g/mol. The summed E-state index contributed by atoms with van der Waals surface area (Å²) in [5, 5.41) is 0. The molecule has 1 rings (SSSR count). The zero-order valence-electron chi connectivity index (χ0n) is 5.14. The Morgan fingerprint density at radius 2 is 2.22 bits per heavy atom. The molecule has 0 amide bonds. The number of nitrogens with one attached hydrogen (secondary N) is 1. The van der Waals surface area contributed by atoms with Crippen molar-refractivity contribution in [3.63, 3.8) is 0 Å². The molecule has 0 atom stereocenters. The molecule has 2 nitrogen and oxygen atoms in total. The maximum Gasteiger partial charge on any atom is 0.102 e. The van der Waals surface area contributed by atoms with Crippen molar-refractivity contribution < 1.29 is 0 Å². The summed E-state index contributed by atoms with van der Waals surface area (Å²) in [6, 6.07) is 3.59. The van der Waals surface area contributed by atoms with Gasteiger partial charge < -0.3 is 10.7 Å². The van der Waals surface area contributed by atoms with E-state index >= 15 is 0 Å². The van der Waals surface area contributed by atoms with Crippen molar-refractivity contribution in [1.29, 1.82) is 0 Å². The maximum atomic E-state index is 5.44. The molecule has 0 radical (unpaired) electrons. The van der Waals surface area contributed by atoms with Crippen LogP contribution in [-0.4, -0.2) is 4.98 Å². The highest BCUT2D eigenvalue weighted by Gasteiger charge is 1.84. The zero-order valence-corrected chi connectivity index (χ0v) is 5.96. The Balaban J connectivity index is 3.33. The maximum absolute atomic E-state index is 5.44. The largest absolute Gasteiger partial charge is 0.385 e. The number of pyridine rings is 1. The fraction of sp³-hybridized carbons (Fsp3) is 0.167. The van der Waals surface area contributed by atoms with Gasteiger partial charge in [-0.25, -0.2) is 0 Å². The third-order valence-electron chi connectivity index (χ3n) is 0.998. The van der Waals surface area contributed by atoms with Crippen LogP contribution in [0.2, 0.25) is 0 Å². The smallest absolute Gasteiger partial charge is 0.102 e. The van der Waals surface area contributed by atoms with Gasteiger partial charge in [0.2, 0.25) is 0 Å². The molecule has 3 N–H and O–H groups in total. The number of aromatic nitrogens is 1. The molecule has 9 heavy (non-hydrogen) atoms. The van der Waals surface area contributed by atoms with E-state index < -0.39 is 0 Å². The lowest BCUT2D eigenvalue weighted by molar-refractivity contribution is 1.21. The molecule has 1 aromatic rings. The van der Waals surface area contributed by atoms with Crippen LogP contribution in [0.3, 0.4) is 0 Å². The predicted octanol–water partition coefficient (Wildman–Crippen LogP) is 1.63. The fourth-order valence-corrected chi connectivity index (χ4v) is 1.01. The number of aromatic amines is 1. The molecule has 0 unspecified atom stereocenters. The van der Waals surface area contributed by atoms with Gasteiger partial charge in [0.05, 0.1) is 0 Å². The van der Waals surface area contributed by atoms with Crippen molar-refractivity contribution in [3.8, 4) is 0 Å². The molecule has 1 aromatic heterocycles. The van der Waals surface area contributed by atoms with Crippen LogP contribution in [0.25, 0.3) is 0 Å². The van der Waals surface area contributed by atoms with E-state index in [1.165, 1.54) is 0 Å². The summed E-state index contributed by atoms with van der Waals surface area (Å²) in [4.78, 5) is 2.92. The molecule has 0 saturated heterocycles. The van der Waals surface area contributed by atoms with Crippen molar-refractivity contribution >= 4 is 18.0 Å². The van der Waals surface area contributed by atoms with Gasteiger partial charge in [0.1, 0.15) is 5.82 Å². The highest BCUT2D eigenvalue weighted by atomic mass is 32.1. The van der Waals surface area contributed by atoms with E-state index in [2.05, 4.69) is 4.98 Å². The van der Waals surface area contributed by atoms with E-state index in [9.17, 15) is 0 Å². The SMILES string of the molecule is Cc1cc(=S)cc(N)[nH]1. The van der Waals surface area contributed by atoms with Crippen LogP contribution in [-0.2, 0) is 0 Å². The third kappa shape index (κ3) is 1.54. The number of aryl methyl sites for hydroxylation is 1. The Bertz CT molecular complexity index is 241. The van der Waals surface area contributed by atoms with Crippen LogP contribution in [0.4, 0.5) is 5.82 Å². The van der Waals surface area contributed by atoms with Gasteiger partial charge in [-0.15, -0.1) is 0 Å². The van der Waals surface area contributed by atoms with Crippen LogP contribution in [0, 0.1) is 11.4 Å². The fourth-order valence-electron chi connectivity index (χ4n) is 0.708. The van der Waals surface area contributed by atoms with Gasteiger partial charge in [0.25, 0.3) is 0 Å². The van der Waals surface area contributed by atoms with Crippen molar-refractivity contribution in [3.05, 3.63) is 22.3 Å². The molecular formula is C6H8N2S. The predicted molar refractivity (Wildman–Crippen MR) is 40.8 cm³/mol. The van der Waals surface area contributed by atoms with Gasteiger partial charge in [-0.3, -0.25) is 0 Å². The van der Waals surface area contributed by atoms with Crippen LogP contribution >= 0.6 is 12.2 Å². The molecule has 0 fully saturated rings. The normalized spacial score (nSPS) is 9.44. The summed E-state index contributed by atoms with van der Waals surface area (Å²) in [6.45, 7) is 1.92. The number of nitrogens with two attached hydrogens (primary N) is 1. The topological polar surface area (TPSA) is 41.8 Å². The minimum absolute atomic E-state index is 0.625. The highest BCUT2D eigenvalue weighted by Crippen LogP contribution is 2.00. The van der Waals surface area contributed by atoms with Crippen LogP contribution in [0.15, 0.2) is 12.1 Å². The number of H-pyrrole nitrogens is 1. The first-order valence-electron chi connectivity index (χ1n) is 2.65. The number of anilines is 1. The average molecular weight is 140 g/mol. The summed E-state index contributed by atoms with van der Waals surface area (Å²) in [6.07, 6.45) is 0. The lowest BCUT2D eigenvalue weighted by Gasteiger charge is -1.94. The minimum Gasteiger partial charge on any atom is -0.385 e. The molecule has 0 saturated carbocycles.